The molecule has 0 unspecified atom stereocenters. The van der Waals surface area contributed by atoms with E-state index in [2.05, 4.69) is 4.98 Å². The number of likely N-dealkylation sites (tertiary alicyclic amines) is 1. The molecule has 2 amide bonds. The second-order valence-electron chi connectivity index (χ2n) is 6.86. The second-order valence-corrected chi connectivity index (χ2v) is 6.86. The molecule has 3 heterocycles. The van der Waals surface area contributed by atoms with Crippen LogP contribution in [0, 0.1) is 0 Å². The Balaban J connectivity index is 1.38. The van der Waals surface area contributed by atoms with Crippen molar-refractivity contribution < 1.29 is 14.3 Å². The molecule has 6 heteroatoms. The molecule has 1 saturated carbocycles. The molecule has 1 aromatic rings. The normalized spacial score (nSPS) is 29.8. The number of aromatic nitrogens is 1. The third-order valence-electron chi connectivity index (χ3n) is 5.34. The topological polar surface area (TPSA) is 54.9 Å². The number of urea groups is 1. The zero-order chi connectivity index (χ0) is 16.4. The summed E-state index contributed by atoms with van der Waals surface area (Å²) < 4.78 is 12.1. The average molecular weight is 331 g/mol. The number of nitrogens with zero attached hydrogens (tertiary/aromatic N) is 3. The van der Waals surface area contributed by atoms with Crippen molar-refractivity contribution in [3.63, 3.8) is 0 Å². The number of hydrogen-bond donors (Lipinski definition) is 0. The lowest BCUT2D eigenvalue weighted by Crippen LogP contribution is -2.56. The fourth-order valence-electron chi connectivity index (χ4n) is 4.11. The number of rotatable bonds is 3. The van der Waals surface area contributed by atoms with Crippen LogP contribution in [-0.2, 0) is 16.1 Å². The summed E-state index contributed by atoms with van der Waals surface area (Å²) in [5, 5.41) is 0. The van der Waals surface area contributed by atoms with E-state index in [0.29, 0.717) is 19.8 Å². The van der Waals surface area contributed by atoms with Crippen molar-refractivity contribution in [3.8, 4) is 0 Å². The number of carbonyl (C=O) groups is 1. The summed E-state index contributed by atoms with van der Waals surface area (Å²) in [4.78, 5) is 20.9. The first-order chi connectivity index (χ1) is 11.8. The number of pyridine rings is 1. The number of morpholine rings is 1. The standard InChI is InChI=1S/C18H25N3O3/c22-18(20-8-1-2-9-20)21-10-11-23-17-15(21)5-6-16(17)24-13-14-4-3-7-19-12-14/h3-4,7,12,15-17H,1-2,5-6,8-11,13H2/t15-,16+,17+/m0/s1. The summed E-state index contributed by atoms with van der Waals surface area (Å²) in [7, 11) is 0. The molecule has 3 aliphatic rings. The number of fused-ring (bicyclic) bond motifs is 1. The van der Waals surface area contributed by atoms with Gasteiger partial charge in [-0.05, 0) is 37.3 Å². The maximum absolute atomic E-state index is 12.8. The molecule has 4 rings (SSSR count). The Kier molecular flexibility index (Phi) is 4.67. The minimum absolute atomic E-state index is 0.00183. The van der Waals surface area contributed by atoms with Gasteiger partial charge in [0.25, 0.3) is 0 Å². The quantitative estimate of drug-likeness (QED) is 0.851. The van der Waals surface area contributed by atoms with E-state index in [1.54, 1.807) is 6.20 Å². The van der Waals surface area contributed by atoms with Crippen LogP contribution in [0.3, 0.4) is 0 Å². The lowest BCUT2D eigenvalue weighted by Gasteiger charge is -2.40. The molecule has 0 aromatic carbocycles. The van der Waals surface area contributed by atoms with Crippen molar-refractivity contribution in [1.29, 1.82) is 0 Å². The van der Waals surface area contributed by atoms with E-state index in [0.717, 1.165) is 44.3 Å². The predicted molar refractivity (Wildman–Crippen MR) is 88.5 cm³/mol. The van der Waals surface area contributed by atoms with E-state index in [1.807, 2.05) is 28.1 Å². The zero-order valence-corrected chi connectivity index (χ0v) is 14.0. The summed E-state index contributed by atoms with van der Waals surface area (Å²) in [6.07, 6.45) is 7.81. The smallest absolute Gasteiger partial charge is 0.320 e. The van der Waals surface area contributed by atoms with E-state index in [4.69, 9.17) is 9.47 Å². The van der Waals surface area contributed by atoms with Gasteiger partial charge in [0.2, 0.25) is 0 Å². The minimum Gasteiger partial charge on any atom is -0.372 e. The lowest BCUT2D eigenvalue weighted by molar-refractivity contribution is -0.108. The van der Waals surface area contributed by atoms with E-state index in [-0.39, 0.29) is 24.3 Å². The molecule has 0 radical (unpaired) electrons. The SMILES string of the molecule is O=C(N1CCCC1)N1CCO[C@H]2[C@H](OCc3cccnc3)CC[C@@H]21. The first-order valence-electron chi connectivity index (χ1n) is 9.00. The summed E-state index contributed by atoms with van der Waals surface area (Å²) in [5.74, 6) is 0. The number of hydrogen-bond acceptors (Lipinski definition) is 4. The van der Waals surface area contributed by atoms with E-state index < -0.39 is 0 Å². The summed E-state index contributed by atoms with van der Waals surface area (Å²) >= 11 is 0. The van der Waals surface area contributed by atoms with Gasteiger partial charge in [-0.25, -0.2) is 4.79 Å². The Morgan fingerprint density at radius 2 is 2.17 bits per heavy atom. The van der Waals surface area contributed by atoms with Gasteiger partial charge in [-0.2, -0.15) is 0 Å². The fraction of sp³-hybridized carbons (Fsp3) is 0.667. The zero-order valence-electron chi connectivity index (χ0n) is 14.0. The van der Waals surface area contributed by atoms with Crippen LogP contribution in [0.1, 0.15) is 31.2 Å². The maximum Gasteiger partial charge on any atom is 0.320 e. The van der Waals surface area contributed by atoms with Gasteiger partial charge in [0.05, 0.1) is 25.4 Å². The number of ether oxygens (including phenoxy) is 2. The van der Waals surface area contributed by atoms with Crippen LogP contribution in [0.4, 0.5) is 4.79 Å². The molecule has 0 bridgehead atoms. The average Bonchev–Trinajstić information content (AvgIpc) is 3.30. The Morgan fingerprint density at radius 3 is 2.96 bits per heavy atom. The van der Waals surface area contributed by atoms with Gasteiger partial charge in [0.15, 0.2) is 0 Å². The van der Waals surface area contributed by atoms with Crippen molar-refractivity contribution >= 4 is 6.03 Å². The van der Waals surface area contributed by atoms with Crippen molar-refractivity contribution in [2.45, 2.75) is 50.5 Å². The Labute approximate surface area is 142 Å². The summed E-state index contributed by atoms with van der Waals surface area (Å²) in [6.45, 7) is 3.65. The van der Waals surface area contributed by atoms with Gasteiger partial charge in [-0.1, -0.05) is 6.07 Å². The number of carbonyl (C=O) groups excluding carboxylic acids is 1. The van der Waals surface area contributed by atoms with E-state index >= 15 is 0 Å². The molecule has 0 spiro atoms. The van der Waals surface area contributed by atoms with Gasteiger partial charge < -0.3 is 19.3 Å². The molecular formula is C18H25N3O3. The summed E-state index contributed by atoms with van der Waals surface area (Å²) in [5.41, 5.74) is 1.07. The first-order valence-corrected chi connectivity index (χ1v) is 9.00. The molecule has 1 aliphatic carbocycles. The monoisotopic (exact) mass is 331 g/mol. The Hall–Kier alpha value is -1.66. The Morgan fingerprint density at radius 1 is 1.29 bits per heavy atom. The molecule has 24 heavy (non-hydrogen) atoms. The van der Waals surface area contributed by atoms with E-state index in [1.165, 1.54) is 0 Å². The third-order valence-corrected chi connectivity index (χ3v) is 5.34. The highest BCUT2D eigenvalue weighted by atomic mass is 16.5. The van der Waals surface area contributed by atoms with E-state index in [9.17, 15) is 4.79 Å². The van der Waals surface area contributed by atoms with Gasteiger partial charge in [0, 0.05) is 32.0 Å². The van der Waals surface area contributed by atoms with Gasteiger partial charge in [-0.3, -0.25) is 4.98 Å². The summed E-state index contributed by atoms with van der Waals surface area (Å²) in [6, 6.07) is 4.29. The van der Waals surface area contributed by atoms with Gasteiger partial charge >= 0.3 is 6.03 Å². The maximum atomic E-state index is 12.8. The van der Waals surface area contributed by atoms with Crippen LogP contribution in [0.2, 0.25) is 0 Å². The van der Waals surface area contributed by atoms with Crippen LogP contribution in [-0.4, -0.2) is 65.3 Å². The highest BCUT2D eigenvalue weighted by Crippen LogP contribution is 2.33. The fourth-order valence-corrected chi connectivity index (χ4v) is 4.11. The minimum atomic E-state index is 0.00183. The van der Waals surface area contributed by atoms with Crippen LogP contribution >= 0.6 is 0 Å². The second kappa shape index (κ2) is 7.07. The molecule has 2 saturated heterocycles. The van der Waals surface area contributed by atoms with Gasteiger partial charge in [-0.15, -0.1) is 0 Å². The molecule has 130 valence electrons. The molecule has 3 fully saturated rings. The third kappa shape index (κ3) is 3.13. The molecule has 0 N–H and O–H groups in total. The molecule has 1 aromatic heterocycles. The molecule has 2 aliphatic heterocycles. The molecule has 3 atom stereocenters. The van der Waals surface area contributed by atoms with Gasteiger partial charge in [0.1, 0.15) is 6.10 Å². The lowest BCUT2D eigenvalue weighted by atomic mass is 10.1. The van der Waals surface area contributed by atoms with Crippen LogP contribution in [0.25, 0.3) is 0 Å². The Bertz CT molecular complexity index is 562. The largest absolute Gasteiger partial charge is 0.372 e. The highest BCUT2D eigenvalue weighted by molar-refractivity contribution is 5.75. The van der Waals surface area contributed by atoms with Crippen LogP contribution in [0.15, 0.2) is 24.5 Å². The van der Waals surface area contributed by atoms with Crippen molar-refractivity contribution in [1.82, 2.24) is 14.8 Å². The number of amides is 2. The van der Waals surface area contributed by atoms with Crippen molar-refractivity contribution in [2.75, 3.05) is 26.2 Å². The van der Waals surface area contributed by atoms with Crippen LogP contribution in [0.5, 0.6) is 0 Å². The van der Waals surface area contributed by atoms with Crippen molar-refractivity contribution in [3.05, 3.63) is 30.1 Å². The highest BCUT2D eigenvalue weighted by Gasteiger charge is 2.46. The predicted octanol–water partition coefficient (Wildman–Crippen LogP) is 2.05. The first kappa shape index (κ1) is 15.8. The van der Waals surface area contributed by atoms with Crippen LogP contribution < -0.4 is 0 Å². The van der Waals surface area contributed by atoms with Crippen molar-refractivity contribution in [2.24, 2.45) is 0 Å². The molecule has 6 nitrogen and oxygen atoms in total. The molecular weight excluding hydrogens is 306 g/mol.